The number of phenols is 2. The zero-order chi connectivity index (χ0) is 15.2. The number of halogens is 1. The number of hydrogen-bond acceptors (Lipinski definition) is 3. The van der Waals surface area contributed by atoms with E-state index >= 15 is 0 Å². The van der Waals surface area contributed by atoms with Crippen LogP contribution in [0.4, 0.5) is 0 Å². The lowest BCUT2D eigenvalue weighted by molar-refractivity contribution is 0.0980. The van der Waals surface area contributed by atoms with Gasteiger partial charge in [-0.1, -0.05) is 46.3 Å². The molecule has 2 aromatic rings. The number of aromatic hydroxyl groups is 2. The molecule has 0 spiro atoms. The number of alkyl halides is 1. The molecule has 0 saturated heterocycles. The molecule has 0 bridgehead atoms. The molecule has 2 N–H and O–H groups in total. The van der Waals surface area contributed by atoms with Crippen LogP contribution in [0.3, 0.4) is 0 Å². The van der Waals surface area contributed by atoms with Crippen LogP contribution in [0.15, 0.2) is 42.5 Å². The molecule has 0 amide bonds. The smallest absolute Gasteiger partial charge is 0.162 e. The molecular formula is C17H17BrO3. The van der Waals surface area contributed by atoms with Gasteiger partial charge < -0.3 is 10.2 Å². The summed E-state index contributed by atoms with van der Waals surface area (Å²) in [5.74, 6) is -0.120. The van der Waals surface area contributed by atoms with Crippen LogP contribution >= 0.6 is 15.9 Å². The van der Waals surface area contributed by atoms with Crippen LogP contribution in [0.25, 0.3) is 0 Å². The van der Waals surface area contributed by atoms with Gasteiger partial charge in [0.25, 0.3) is 0 Å². The quantitative estimate of drug-likeness (QED) is 0.467. The van der Waals surface area contributed by atoms with E-state index in [2.05, 4.69) is 15.9 Å². The predicted molar refractivity (Wildman–Crippen MR) is 86.1 cm³/mol. The van der Waals surface area contributed by atoms with E-state index in [0.29, 0.717) is 19.3 Å². The van der Waals surface area contributed by atoms with Crippen molar-refractivity contribution in [2.75, 3.05) is 0 Å². The zero-order valence-electron chi connectivity index (χ0n) is 11.6. The number of hydrogen-bond donors (Lipinski definition) is 2. The molecule has 3 nitrogen and oxygen atoms in total. The molecule has 0 radical (unpaired) electrons. The van der Waals surface area contributed by atoms with Crippen molar-refractivity contribution in [2.45, 2.75) is 24.6 Å². The van der Waals surface area contributed by atoms with E-state index in [1.54, 1.807) is 6.07 Å². The normalized spacial score (nSPS) is 10.5. The molecule has 0 aromatic heterocycles. The van der Waals surface area contributed by atoms with Crippen LogP contribution in [0.1, 0.15) is 34.3 Å². The van der Waals surface area contributed by atoms with Gasteiger partial charge in [0.15, 0.2) is 17.3 Å². The minimum atomic E-state index is -0.123. The van der Waals surface area contributed by atoms with Gasteiger partial charge in [-0.3, -0.25) is 4.79 Å². The van der Waals surface area contributed by atoms with E-state index in [-0.39, 0.29) is 17.3 Å². The third kappa shape index (κ3) is 4.33. The molecule has 0 saturated carbocycles. The minimum absolute atomic E-state index is 0.121. The van der Waals surface area contributed by atoms with Crippen LogP contribution < -0.4 is 0 Å². The summed E-state index contributed by atoms with van der Waals surface area (Å²) in [6.45, 7) is 0. The summed E-state index contributed by atoms with van der Waals surface area (Å²) in [5.41, 5.74) is 2.78. The van der Waals surface area contributed by atoms with E-state index < -0.39 is 0 Å². The number of ketones is 1. The summed E-state index contributed by atoms with van der Waals surface area (Å²) >= 11 is 3.37. The molecule has 2 rings (SSSR count). The molecule has 0 aliphatic rings. The Hall–Kier alpha value is -1.81. The molecule has 21 heavy (non-hydrogen) atoms. The molecule has 0 aliphatic carbocycles. The summed E-state index contributed by atoms with van der Waals surface area (Å²) in [6, 6.07) is 12.3. The Labute approximate surface area is 132 Å². The Morgan fingerprint density at radius 1 is 0.952 bits per heavy atom. The predicted octanol–water partition coefficient (Wildman–Crippen LogP) is 4.20. The molecule has 0 fully saturated rings. The molecular weight excluding hydrogens is 332 g/mol. The first kappa shape index (κ1) is 15.6. The molecule has 0 aliphatic heterocycles. The van der Waals surface area contributed by atoms with Gasteiger partial charge in [0.1, 0.15) is 0 Å². The SMILES string of the molecule is O=C(CCCc1ccc(O)c(O)c1)c1ccc(CBr)cc1. The van der Waals surface area contributed by atoms with Crippen LogP contribution in [-0.4, -0.2) is 16.0 Å². The number of carbonyl (C=O) groups is 1. The maximum Gasteiger partial charge on any atom is 0.162 e. The van der Waals surface area contributed by atoms with Crippen molar-refractivity contribution in [3.05, 3.63) is 59.2 Å². The lowest BCUT2D eigenvalue weighted by Crippen LogP contribution is -2.00. The Morgan fingerprint density at radius 2 is 1.62 bits per heavy atom. The second-order valence-corrected chi connectivity index (χ2v) is 5.49. The monoisotopic (exact) mass is 348 g/mol. The van der Waals surface area contributed by atoms with Crippen molar-refractivity contribution in [1.29, 1.82) is 0 Å². The molecule has 0 atom stereocenters. The summed E-state index contributed by atoms with van der Waals surface area (Å²) in [7, 11) is 0. The van der Waals surface area contributed by atoms with Gasteiger partial charge in [0.2, 0.25) is 0 Å². The fourth-order valence-corrected chi connectivity index (χ4v) is 2.48. The Bertz CT molecular complexity index is 620. The van der Waals surface area contributed by atoms with E-state index in [0.717, 1.165) is 22.0 Å². The third-order valence-corrected chi connectivity index (χ3v) is 3.99. The number of rotatable bonds is 6. The fourth-order valence-electron chi connectivity index (χ4n) is 2.10. The summed E-state index contributed by atoms with van der Waals surface area (Å²) < 4.78 is 0. The van der Waals surface area contributed by atoms with Gasteiger partial charge >= 0.3 is 0 Å². The first-order valence-electron chi connectivity index (χ1n) is 6.79. The zero-order valence-corrected chi connectivity index (χ0v) is 13.1. The van der Waals surface area contributed by atoms with Gasteiger partial charge in [-0.25, -0.2) is 0 Å². The average Bonchev–Trinajstić information content (AvgIpc) is 2.51. The van der Waals surface area contributed by atoms with Crippen molar-refractivity contribution in [3.8, 4) is 11.5 Å². The first-order chi connectivity index (χ1) is 10.1. The van der Waals surface area contributed by atoms with Gasteiger partial charge in [-0.05, 0) is 36.1 Å². The van der Waals surface area contributed by atoms with Crippen molar-refractivity contribution < 1.29 is 15.0 Å². The van der Waals surface area contributed by atoms with Gasteiger partial charge in [0, 0.05) is 17.3 Å². The van der Waals surface area contributed by atoms with Crippen molar-refractivity contribution >= 4 is 21.7 Å². The molecule has 0 heterocycles. The largest absolute Gasteiger partial charge is 0.504 e. The number of benzene rings is 2. The van der Waals surface area contributed by atoms with Crippen LogP contribution in [0.5, 0.6) is 11.5 Å². The van der Waals surface area contributed by atoms with E-state index in [9.17, 15) is 15.0 Å². The summed E-state index contributed by atoms with van der Waals surface area (Å²) in [6.07, 6.45) is 1.87. The summed E-state index contributed by atoms with van der Waals surface area (Å²) in [4.78, 5) is 12.1. The minimum Gasteiger partial charge on any atom is -0.504 e. The molecule has 2 aromatic carbocycles. The van der Waals surface area contributed by atoms with E-state index in [1.807, 2.05) is 24.3 Å². The fraction of sp³-hybridized carbons (Fsp3) is 0.235. The topological polar surface area (TPSA) is 57.5 Å². The average molecular weight is 349 g/mol. The Kier molecular flexibility index (Phi) is 5.39. The standard InChI is InChI=1S/C17H17BrO3/c18-11-13-4-7-14(8-5-13)15(19)3-1-2-12-6-9-16(20)17(21)10-12/h4-10,20-21H,1-3,11H2. The van der Waals surface area contributed by atoms with Crippen LogP contribution in [0, 0.1) is 0 Å². The maximum absolute atomic E-state index is 12.1. The van der Waals surface area contributed by atoms with Crippen molar-refractivity contribution in [2.24, 2.45) is 0 Å². The number of carbonyl (C=O) groups excluding carboxylic acids is 1. The van der Waals surface area contributed by atoms with Gasteiger partial charge in [-0.2, -0.15) is 0 Å². The van der Waals surface area contributed by atoms with Gasteiger partial charge in [-0.15, -0.1) is 0 Å². The summed E-state index contributed by atoms with van der Waals surface area (Å²) in [5, 5.41) is 19.4. The number of aryl methyl sites for hydroxylation is 1. The number of phenolic OH excluding ortho intramolecular Hbond substituents is 2. The molecule has 0 unspecified atom stereocenters. The molecule has 110 valence electrons. The maximum atomic E-state index is 12.1. The number of Topliss-reactive ketones (excluding diaryl/α,β-unsaturated/α-hetero) is 1. The first-order valence-corrected chi connectivity index (χ1v) is 7.91. The third-order valence-electron chi connectivity index (χ3n) is 3.34. The Balaban J connectivity index is 1.87. The highest BCUT2D eigenvalue weighted by atomic mass is 79.9. The van der Waals surface area contributed by atoms with Crippen LogP contribution in [-0.2, 0) is 11.8 Å². The van der Waals surface area contributed by atoms with E-state index in [1.165, 1.54) is 12.1 Å². The van der Waals surface area contributed by atoms with Gasteiger partial charge in [0.05, 0.1) is 0 Å². The van der Waals surface area contributed by atoms with Crippen LogP contribution in [0.2, 0.25) is 0 Å². The lowest BCUT2D eigenvalue weighted by atomic mass is 10.0. The Morgan fingerprint density at radius 3 is 2.24 bits per heavy atom. The lowest BCUT2D eigenvalue weighted by Gasteiger charge is -2.04. The highest BCUT2D eigenvalue weighted by molar-refractivity contribution is 9.08. The highest BCUT2D eigenvalue weighted by Gasteiger charge is 2.06. The van der Waals surface area contributed by atoms with Crippen molar-refractivity contribution in [1.82, 2.24) is 0 Å². The van der Waals surface area contributed by atoms with Crippen molar-refractivity contribution in [3.63, 3.8) is 0 Å². The highest BCUT2D eigenvalue weighted by Crippen LogP contribution is 2.25. The second kappa shape index (κ2) is 7.27. The van der Waals surface area contributed by atoms with E-state index in [4.69, 9.17) is 0 Å². The molecule has 4 heteroatoms. The second-order valence-electron chi connectivity index (χ2n) is 4.93.